The third-order valence-corrected chi connectivity index (χ3v) is 4.20. The number of nitrogens with one attached hydrogen (secondary N) is 2. The van der Waals surface area contributed by atoms with E-state index in [9.17, 15) is 8.42 Å². The average molecular weight is 383 g/mol. The van der Waals surface area contributed by atoms with Crippen molar-refractivity contribution in [1.82, 2.24) is 0 Å². The SMILES string of the molecule is CS(=O)(=O)O.N=C(Nc1cccc2ccccc12)N1CCc2ccccc21. The summed E-state index contributed by atoms with van der Waals surface area (Å²) in [6, 6.07) is 22.7. The highest BCUT2D eigenvalue weighted by Gasteiger charge is 2.22. The lowest BCUT2D eigenvalue weighted by molar-refractivity contribution is 0.490. The zero-order valence-electron chi connectivity index (χ0n) is 14.9. The number of rotatable bonds is 1. The van der Waals surface area contributed by atoms with Crippen molar-refractivity contribution >= 4 is 38.2 Å². The van der Waals surface area contributed by atoms with Crippen molar-refractivity contribution in [3.8, 4) is 0 Å². The highest BCUT2D eigenvalue weighted by Crippen LogP contribution is 2.29. The minimum absolute atomic E-state index is 0.432. The molecule has 1 heterocycles. The molecule has 0 saturated carbocycles. The largest absolute Gasteiger partial charge is 0.326 e. The van der Waals surface area contributed by atoms with Gasteiger partial charge in [-0.2, -0.15) is 8.42 Å². The van der Waals surface area contributed by atoms with Crippen LogP contribution in [-0.4, -0.2) is 31.7 Å². The molecule has 1 aliphatic heterocycles. The van der Waals surface area contributed by atoms with Crippen LogP contribution in [0.5, 0.6) is 0 Å². The third kappa shape index (κ3) is 4.84. The lowest BCUT2D eigenvalue weighted by Gasteiger charge is -2.21. The van der Waals surface area contributed by atoms with Gasteiger partial charge in [0.25, 0.3) is 10.1 Å². The van der Waals surface area contributed by atoms with Crippen molar-refractivity contribution in [1.29, 1.82) is 5.41 Å². The van der Waals surface area contributed by atoms with Gasteiger partial charge in [0.1, 0.15) is 0 Å². The van der Waals surface area contributed by atoms with Crippen molar-refractivity contribution in [3.63, 3.8) is 0 Å². The van der Waals surface area contributed by atoms with Gasteiger partial charge in [0.15, 0.2) is 5.96 Å². The number of benzene rings is 3. The summed E-state index contributed by atoms with van der Waals surface area (Å²) in [5, 5.41) is 14.0. The Hall–Kier alpha value is -2.90. The molecular weight excluding hydrogens is 362 g/mol. The van der Waals surface area contributed by atoms with E-state index in [1.807, 2.05) is 35.2 Å². The Morgan fingerprint density at radius 3 is 2.44 bits per heavy atom. The van der Waals surface area contributed by atoms with Crippen LogP contribution in [0.3, 0.4) is 0 Å². The standard InChI is InChI=1S/C19H17N3.CH4O3S/c20-19(22-13-12-15-7-2-4-11-18(15)22)21-17-10-5-8-14-6-1-3-9-16(14)17;1-5(2,3)4/h1-11H,12-13H2,(H2,20,21);1H3,(H,2,3,4). The predicted molar refractivity (Wildman–Crippen MR) is 110 cm³/mol. The van der Waals surface area contributed by atoms with Gasteiger partial charge < -0.3 is 10.2 Å². The second-order valence-electron chi connectivity index (χ2n) is 6.26. The average Bonchev–Trinajstić information content (AvgIpc) is 3.05. The van der Waals surface area contributed by atoms with E-state index >= 15 is 0 Å². The molecule has 0 bridgehead atoms. The van der Waals surface area contributed by atoms with Crippen molar-refractivity contribution in [3.05, 3.63) is 72.3 Å². The first-order valence-corrected chi connectivity index (χ1v) is 10.3. The summed E-state index contributed by atoms with van der Waals surface area (Å²) in [7, 11) is -3.67. The summed E-state index contributed by atoms with van der Waals surface area (Å²) in [4.78, 5) is 2.04. The fourth-order valence-electron chi connectivity index (χ4n) is 3.10. The molecule has 0 atom stereocenters. The van der Waals surface area contributed by atoms with Gasteiger partial charge in [0.05, 0.1) is 6.26 Å². The lowest BCUT2D eigenvalue weighted by atomic mass is 10.1. The molecule has 3 aromatic carbocycles. The first-order valence-electron chi connectivity index (χ1n) is 8.44. The van der Waals surface area contributed by atoms with E-state index < -0.39 is 10.1 Å². The Kier molecular flexibility index (Phi) is 5.43. The van der Waals surface area contributed by atoms with E-state index in [2.05, 4.69) is 41.7 Å². The van der Waals surface area contributed by atoms with Gasteiger partial charge in [0.2, 0.25) is 0 Å². The van der Waals surface area contributed by atoms with Crippen molar-refractivity contribution in [2.24, 2.45) is 0 Å². The molecular formula is C20H21N3O3S. The van der Waals surface area contributed by atoms with Gasteiger partial charge in [-0.15, -0.1) is 0 Å². The topological polar surface area (TPSA) is 93.5 Å². The molecule has 27 heavy (non-hydrogen) atoms. The maximum atomic E-state index is 9.19. The van der Waals surface area contributed by atoms with Crippen LogP contribution in [0.25, 0.3) is 10.8 Å². The molecule has 0 spiro atoms. The van der Waals surface area contributed by atoms with Crippen LogP contribution in [0.15, 0.2) is 66.7 Å². The van der Waals surface area contributed by atoms with Crippen LogP contribution in [0.1, 0.15) is 5.56 Å². The molecule has 0 amide bonds. The van der Waals surface area contributed by atoms with Gasteiger partial charge in [0, 0.05) is 23.3 Å². The number of hydrogen-bond acceptors (Lipinski definition) is 3. The van der Waals surface area contributed by atoms with Crippen molar-refractivity contribution < 1.29 is 13.0 Å². The van der Waals surface area contributed by atoms with Crippen LogP contribution in [-0.2, 0) is 16.5 Å². The summed E-state index contributed by atoms with van der Waals surface area (Å²) in [6.07, 6.45) is 1.71. The molecule has 0 radical (unpaired) electrons. The maximum absolute atomic E-state index is 9.19. The lowest BCUT2D eigenvalue weighted by Crippen LogP contribution is -2.34. The third-order valence-electron chi connectivity index (χ3n) is 4.20. The molecule has 0 saturated heterocycles. The minimum Gasteiger partial charge on any atom is -0.326 e. The molecule has 3 aromatic rings. The number of anilines is 2. The van der Waals surface area contributed by atoms with Crippen LogP contribution >= 0.6 is 0 Å². The smallest absolute Gasteiger partial charge is 0.261 e. The molecule has 7 heteroatoms. The fourth-order valence-corrected chi connectivity index (χ4v) is 3.10. The second kappa shape index (κ2) is 7.77. The number of para-hydroxylation sites is 1. The highest BCUT2D eigenvalue weighted by molar-refractivity contribution is 7.85. The Labute approximate surface area is 158 Å². The summed E-state index contributed by atoms with van der Waals surface area (Å²) in [5.74, 6) is 0.432. The first-order chi connectivity index (χ1) is 12.8. The fraction of sp³-hybridized carbons (Fsp3) is 0.150. The minimum atomic E-state index is -3.67. The normalized spacial score (nSPS) is 12.9. The van der Waals surface area contributed by atoms with Crippen molar-refractivity contribution in [2.45, 2.75) is 6.42 Å². The molecule has 4 rings (SSSR count). The van der Waals surface area contributed by atoms with E-state index in [1.165, 1.54) is 10.9 Å². The van der Waals surface area contributed by atoms with Crippen LogP contribution in [0, 0.1) is 5.41 Å². The van der Waals surface area contributed by atoms with Crippen LogP contribution in [0.2, 0.25) is 0 Å². The number of nitrogens with zero attached hydrogens (tertiary/aromatic N) is 1. The van der Waals surface area contributed by atoms with E-state index in [-0.39, 0.29) is 0 Å². The monoisotopic (exact) mass is 383 g/mol. The summed E-state index contributed by atoms with van der Waals surface area (Å²) >= 11 is 0. The molecule has 1 aliphatic rings. The van der Waals surface area contributed by atoms with Gasteiger partial charge in [-0.3, -0.25) is 9.96 Å². The van der Waals surface area contributed by atoms with Gasteiger partial charge >= 0.3 is 0 Å². The summed E-state index contributed by atoms with van der Waals surface area (Å²) < 4.78 is 25.9. The zero-order chi connectivity index (χ0) is 19.4. The van der Waals surface area contributed by atoms with E-state index in [4.69, 9.17) is 9.96 Å². The molecule has 0 aliphatic carbocycles. The van der Waals surface area contributed by atoms with Crippen LogP contribution < -0.4 is 10.2 Å². The van der Waals surface area contributed by atoms with E-state index in [0.29, 0.717) is 12.2 Å². The molecule has 0 fully saturated rings. The second-order valence-corrected chi connectivity index (χ2v) is 7.73. The highest BCUT2D eigenvalue weighted by atomic mass is 32.2. The van der Waals surface area contributed by atoms with Crippen molar-refractivity contribution in [2.75, 3.05) is 23.0 Å². The Morgan fingerprint density at radius 2 is 1.67 bits per heavy atom. The van der Waals surface area contributed by atoms with E-state index in [0.717, 1.165) is 29.7 Å². The Balaban J connectivity index is 0.000000376. The molecule has 6 nitrogen and oxygen atoms in total. The van der Waals surface area contributed by atoms with Gasteiger partial charge in [-0.1, -0.05) is 54.6 Å². The molecule has 140 valence electrons. The van der Waals surface area contributed by atoms with E-state index in [1.54, 1.807) is 0 Å². The van der Waals surface area contributed by atoms with Gasteiger partial charge in [-0.05, 0) is 29.5 Å². The summed E-state index contributed by atoms with van der Waals surface area (Å²) in [5.41, 5.74) is 3.43. The number of hydrogen-bond donors (Lipinski definition) is 3. The Bertz CT molecular complexity index is 1070. The zero-order valence-corrected chi connectivity index (χ0v) is 15.7. The maximum Gasteiger partial charge on any atom is 0.261 e. The number of guanidine groups is 1. The summed E-state index contributed by atoms with van der Waals surface area (Å²) in [6.45, 7) is 0.857. The quantitative estimate of drug-likeness (QED) is 0.338. The van der Waals surface area contributed by atoms with Gasteiger partial charge in [-0.25, -0.2) is 0 Å². The first kappa shape index (κ1) is 18.9. The molecule has 3 N–H and O–H groups in total. The van der Waals surface area contributed by atoms with Crippen LogP contribution in [0.4, 0.5) is 11.4 Å². The Morgan fingerprint density at radius 1 is 1.04 bits per heavy atom. The molecule has 0 aromatic heterocycles. The predicted octanol–water partition coefficient (Wildman–Crippen LogP) is 3.75. The number of fused-ring (bicyclic) bond motifs is 2. The molecule has 0 unspecified atom stereocenters.